The first-order valence-electron chi connectivity index (χ1n) is 11.1. The van der Waals surface area contributed by atoms with Crippen LogP contribution in [0.2, 0.25) is 0 Å². The Balaban J connectivity index is 1.79. The van der Waals surface area contributed by atoms with Crippen LogP contribution in [-0.4, -0.2) is 35.9 Å². The van der Waals surface area contributed by atoms with E-state index >= 15 is 0 Å². The number of nitrogens with zero attached hydrogens (tertiary/aromatic N) is 2. The molecule has 2 aromatic rings. The fraction of sp³-hybridized carbons (Fsp3) is 0.385. The second-order valence-electron chi connectivity index (χ2n) is 8.91. The quantitative estimate of drug-likeness (QED) is 0.640. The summed E-state index contributed by atoms with van der Waals surface area (Å²) in [7, 11) is 0. The zero-order chi connectivity index (χ0) is 22.1. The molecule has 2 aliphatic heterocycles. The third-order valence-corrected chi connectivity index (χ3v) is 5.71. The smallest absolute Gasteiger partial charge is 0.278 e. The second-order valence-corrected chi connectivity index (χ2v) is 8.91. The van der Waals surface area contributed by atoms with Crippen LogP contribution in [-0.2, 0) is 16.0 Å². The Morgan fingerprint density at radius 2 is 1.65 bits per heavy atom. The number of para-hydroxylation sites is 1. The number of carbonyl (C=O) groups excluding carboxylic acids is 2. The zero-order valence-electron chi connectivity index (χ0n) is 18.7. The SMILES string of the molecule is CC(C)COc1ccc(C2=C(N3CCCc4ccccc43)C(=O)N(C(C)C)C2=O)cc1. The molecule has 2 amide bonds. The van der Waals surface area contributed by atoms with Crippen molar-refractivity contribution in [2.75, 3.05) is 18.1 Å². The van der Waals surface area contributed by atoms with Gasteiger partial charge in [-0.25, -0.2) is 0 Å². The number of fused-ring (bicyclic) bond motifs is 1. The molecular formula is C26H30N2O3. The van der Waals surface area contributed by atoms with E-state index in [1.807, 2.05) is 61.2 Å². The highest BCUT2D eigenvalue weighted by Crippen LogP contribution is 2.38. The number of ether oxygens (including phenoxy) is 1. The number of rotatable bonds is 6. The van der Waals surface area contributed by atoms with E-state index in [0.717, 1.165) is 36.4 Å². The highest BCUT2D eigenvalue weighted by Gasteiger charge is 2.43. The molecule has 0 aromatic heterocycles. The number of anilines is 1. The molecule has 2 aliphatic rings. The van der Waals surface area contributed by atoms with E-state index in [-0.39, 0.29) is 17.9 Å². The molecule has 0 radical (unpaired) electrons. The fourth-order valence-corrected chi connectivity index (χ4v) is 4.26. The van der Waals surface area contributed by atoms with Crippen LogP contribution in [0.1, 0.15) is 45.2 Å². The monoisotopic (exact) mass is 418 g/mol. The van der Waals surface area contributed by atoms with Crippen LogP contribution in [0.15, 0.2) is 54.2 Å². The van der Waals surface area contributed by atoms with E-state index in [4.69, 9.17) is 4.74 Å². The van der Waals surface area contributed by atoms with Gasteiger partial charge in [0.1, 0.15) is 11.4 Å². The highest BCUT2D eigenvalue weighted by molar-refractivity contribution is 6.37. The van der Waals surface area contributed by atoms with Crippen molar-refractivity contribution in [2.45, 2.75) is 46.6 Å². The molecule has 162 valence electrons. The average molecular weight is 419 g/mol. The van der Waals surface area contributed by atoms with E-state index in [1.165, 1.54) is 10.5 Å². The summed E-state index contributed by atoms with van der Waals surface area (Å²) < 4.78 is 5.79. The maximum atomic E-state index is 13.5. The predicted octanol–water partition coefficient (Wildman–Crippen LogP) is 4.66. The van der Waals surface area contributed by atoms with Gasteiger partial charge >= 0.3 is 0 Å². The molecule has 0 bridgehead atoms. The summed E-state index contributed by atoms with van der Waals surface area (Å²) in [4.78, 5) is 30.3. The maximum absolute atomic E-state index is 13.5. The Morgan fingerprint density at radius 3 is 2.32 bits per heavy atom. The number of aryl methyl sites for hydroxylation is 1. The number of imide groups is 1. The molecule has 0 N–H and O–H groups in total. The molecule has 4 rings (SSSR count). The van der Waals surface area contributed by atoms with Crippen LogP contribution in [0.25, 0.3) is 5.57 Å². The molecular weight excluding hydrogens is 388 g/mol. The zero-order valence-corrected chi connectivity index (χ0v) is 18.7. The molecule has 5 nitrogen and oxygen atoms in total. The lowest BCUT2D eigenvalue weighted by Crippen LogP contribution is -2.40. The third kappa shape index (κ3) is 3.97. The molecule has 2 aromatic carbocycles. The summed E-state index contributed by atoms with van der Waals surface area (Å²) in [5.41, 5.74) is 3.94. The van der Waals surface area contributed by atoms with E-state index in [1.54, 1.807) is 0 Å². The molecule has 0 aliphatic carbocycles. The van der Waals surface area contributed by atoms with Crippen molar-refractivity contribution in [1.29, 1.82) is 0 Å². The van der Waals surface area contributed by atoms with E-state index in [2.05, 4.69) is 19.9 Å². The minimum atomic E-state index is -0.228. The van der Waals surface area contributed by atoms with Gasteiger partial charge < -0.3 is 9.64 Å². The van der Waals surface area contributed by atoms with Crippen molar-refractivity contribution in [3.05, 3.63) is 65.4 Å². The molecule has 0 spiro atoms. The van der Waals surface area contributed by atoms with Crippen LogP contribution in [0.3, 0.4) is 0 Å². The standard InChI is InChI=1S/C26H30N2O3/c1-17(2)16-31-21-13-11-20(12-14-21)23-24(26(30)28(18(3)4)25(23)29)27-15-7-9-19-8-5-6-10-22(19)27/h5-6,8,10-14,17-18H,7,9,15-16H2,1-4H3. The molecule has 0 saturated carbocycles. The van der Waals surface area contributed by atoms with E-state index in [9.17, 15) is 9.59 Å². The van der Waals surface area contributed by atoms with Gasteiger partial charge in [-0.3, -0.25) is 14.5 Å². The van der Waals surface area contributed by atoms with Gasteiger partial charge in [-0.05, 0) is 61.9 Å². The largest absolute Gasteiger partial charge is 0.493 e. The van der Waals surface area contributed by atoms with Crippen LogP contribution in [0, 0.1) is 5.92 Å². The van der Waals surface area contributed by atoms with Crippen molar-refractivity contribution in [2.24, 2.45) is 5.92 Å². The van der Waals surface area contributed by atoms with Crippen molar-refractivity contribution in [3.63, 3.8) is 0 Å². The summed E-state index contributed by atoms with van der Waals surface area (Å²) in [6, 6.07) is 15.5. The van der Waals surface area contributed by atoms with Gasteiger partial charge in [-0.15, -0.1) is 0 Å². The Morgan fingerprint density at radius 1 is 0.935 bits per heavy atom. The minimum absolute atomic E-state index is 0.207. The van der Waals surface area contributed by atoms with E-state index < -0.39 is 0 Å². The summed E-state index contributed by atoms with van der Waals surface area (Å²) in [6.45, 7) is 9.32. The number of carbonyl (C=O) groups is 2. The van der Waals surface area contributed by atoms with Crippen LogP contribution in [0.5, 0.6) is 5.75 Å². The first-order chi connectivity index (χ1) is 14.9. The molecule has 0 fully saturated rings. The number of hydrogen-bond acceptors (Lipinski definition) is 4. The highest BCUT2D eigenvalue weighted by atomic mass is 16.5. The Kier molecular flexibility index (Phi) is 5.86. The van der Waals surface area contributed by atoms with Gasteiger partial charge in [0, 0.05) is 18.3 Å². The summed E-state index contributed by atoms with van der Waals surface area (Å²) in [6.07, 6.45) is 1.92. The van der Waals surface area contributed by atoms with Crippen molar-refractivity contribution in [3.8, 4) is 5.75 Å². The first kappa shape index (κ1) is 21.2. The Hall–Kier alpha value is -3.08. The minimum Gasteiger partial charge on any atom is -0.493 e. The van der Waals surface area contributed by atoms with Crippen LogP contribution >= 0.6 is 0 Å². The molecule has 2 heterocycles. The summed E-state index contributed by atoms with van der Waals surface area (Å²) >= 11 is 0. The molecule has 0 atom stereocenters. The molecule has 0 saturated heterocycles. The molecule has 5 heteroatoms. The van der Waals surface area contributed by atoms with Gasteiger partial charge in [0.15, 0.2) is 0 Å². The van der Waals surface area contributed by atoms with Crippen molar-refractivity contribution >= 4 is 23.1 Å². The maximum Gasteiger partial charge on any atom is 0.278 e. The second kappa shape index (κ2) is 8.58. The molecule has 31 heavy (non-hydrogen) atoms. The van der Waals surface area contributed by atoms with Gasteiger partial charge in [-0.2, -0.15) is 0 Å². The predicted molar refractivity (Wildman–Crippen MR) is 123 cm³/mol. The van der Waals surface area contributed by atoms with Gasteiger partial charge in [-0.1, -0.05) is 44.2 Å². The average Bonchev–Trinajstić information content (AvgIpc) is 3.02. The third-order valence-electron chi connectivity index (χ3n) is 5.71. The van der Waals surface area contributed by atoms with Crippen molar-refractivity contribution in [1.82, 2.24) is 4.90 Å². The van der Waals surface area contributed by atoms with Crippen LogP contribution < -0.4 is 9.64 Å². The lowest BCUT2D eigenvalue weighted by molar-refractivity contribution is -0.138. The summed E-state index contributed by atoms with van der Waals surface area (Å²) in [5, 5.41) is 0. The number of amides is 2. The summed E-state index contributed by atoms with van der Waals surface area (Å²) in [5.74, 6) is 0.753. The Labute approximate surface area is 184 Å². The number of hydrogen-bond donors (Lipinski definition) is 0. The molecule has 0 unspecified atom stereocenters. The normalized spacial score (nSPS) is 16.6. The van der Waals surface area contributed by atoms with Crippen LogP contribution in [0.4, 0.5) is 5.69 Å². The van der Waals surface area contributed by atoms with E-state index in [0.29, 0.717) is 23.8 Å². The first-order valence-corrected chi connectivity index (χ1v) is 11.1. The van der Waals surface area contributed by atoms with Crippen molar-refractivity contribution < 1.29 is 14.3 Å². The van der Waals surface area contributed by atoms with Gasteiger partial charge in [0.05, 0.1) is 12.2 Å². The topological polar surface area (TPSA) is 49.9 Å². The number of benzene rings is 2. The van der Waals surface area contributed by atoms with Gasteiger partial charge in [0.25, 0.3) is 11.8 Å². The lowest BCUT2D eigenvalue weighted by atomic mass is 9.98. The van der Waals surface area contributed by atoms with Gasteiger partial charge in [0.2, 0.25) is 0 Å². The lowest BCUT2D eigenvalue weighted by Gasteiger charge is -2.32. The Bertz CT molecular complexity index is 1020. The fourth-order valence-electron chi connectivity index (χ4n) is 4.26.